The molecule has 1 unspecified atom stereocenters. The first-order valence-electron chi connectivity index (χ1n) is 6.69. The van der Waals surface area contributed by atoms with Crippen molar-refractivity contribution in [3.05, 3.63) is 65.2 Å². The van der Waals surface area contributed by atoms with E-state index in [1.807, 2.05) is 48.5 Å². The van der Waals surface area contributed by atoms with Gasteiger partial charge in [-0.15, -0.1) is 0 Å². The topological polar surface area (TPSA) is 61.5 Å². The third kappa shape index (κ3) is 3.83. The SMILES string of the molecule is COC(=O)C(N)c1cccc(Cc2ccc(OC)cc2)c1. The lowest BCUT2D eigenvalue weighted by atomic mass is 10.00. The molecule has 0 saturated carbocycles. The van der Waals surface area contributed by atoms with Crippen LogP contribution in [0.3, 0.4) is 0 Å². The van der Waals surface area contributed by atoms with Crippen molar-refractivity contribution in [1.29, 1.82) is 0 Å². The van der Waals surface area contributed by atoms with E-state index in [2.05, 4.69) is 4.74 Å². The van der Waals surface area contributed by atoms with Crippen molar-refractivity contribution in [2.75, 3.05) is 14.2 Å². The lowest BCUT2D eigenvalue weighted by Crippen LogP contribution is -2.22. The average molecular weight is 285 g/mol. The summed E-state index contributed by atoms with van der Waals surface area (Å²) in [5, 5.41) is 0. The standard InChI is InChI=1S/C17H19NO3/c1-20-15-8-6-12(7-9-15)10-13-4-3-5-14(11-13)16(18)17(19)21-2/h3-9,11,16H,10,18H2,1-2H3. The lowest BCUT2D eigenvalue weighted by molar-refractivity contribution is -0.142. The fourth-order valence-corrected chi connectivity index (χ4v) is 2.14. The van der Waals surface area contributed by atoms with Crippen LogP contribution in [0.4, 0.5) is 0 Å². The van der Waals surface area contributed by atoms with E-state index in [9.17, 15) is 4.79 Å². The molecule has 0 fully saturated rings. The van der Waals surface area contributed by atoms with Crippen LogP contribution in [0.15, 0.2) is 48.5 Å². The third-order valence-corrected chi connectivity index (χ3v) is 3.33. The molecule has 0 aliphatic rings. The van der Waals surface area contributed by atoms with Gasteiger partial charge in [0, 0.05) is 0 Å². The van der Waals surface area contributed by atoms with Gasteiger partial charge in [0.2, 0.25) is 0 Å². The maximum Gasteiger partial charge on any atom is 0.327 e. The lowest BCUT2D eigenvalue weighted by Gasteiger charge is -2.11. The minimum absolute atomic E-state index is 0.434. The Bertz CT molecular complexity index is 608. The van der Waals surface area contributed by atoms with Crippen LogP contribution in [0.2, 0.25) is 0 Å². The Kier molecular flexibility index (Phi) is 4.95. The molecule has 0 heterocycles. The van der Waals surface area contributed by atoms with E-state index in [0.29, 0.717) is 0 Å². The molecule has 4 heteroatoms. The molecule has 0 amide bonds. The van der Waals surface area contributed by atoms with Crippen LogP contribution in [-0.4, -0.2) is 20.2 Å². The summed E-state index contributed by atoms with van der Waals surface area (Å²) in [6.45, 7) is 0. The summed E-state index contributed by atoms with van der Waals surface area (Å²) in [7, 11) is 2.98. The minimum atomic E-state index is -0.745. The molecule has 0 bridgehead atoms. The van der Waals surface area contributed by atoms with Gasteiger partial charge >= 0.3 is 5.97 Å². The van der Waals surface area contributed by atoms with Crippen molar-refractivity contribution in [1.82, 2.24) is 0 Å². The molecule has 0 aliphatic carbocycles. The predicted molar refractivity (Wildman–Crippen MR) is 81.2 cm³/mol. The number of benzene rings is 2. The summed E-state index contributed by atoms with van der Waals surface area (Å²) < 4.78 is 9.81. The molecule has 1 atom stereocenters. The highest BCUT2D eigenvalue weighted by Gasteiger charge is 2.16. The number of ether oxygens (including phenoxy) is 2. The highest BCUT2D eigenvalue weighted by Crippen LogP contribution is 2.18. The van der Waals surface area contributed by atoms with Crippen LogP contribution in [0.1, 0.15) is 22.7 Å². The van der Waals surface area contributed by atoms with Crippen LogP contribution >= 0.6 is 0 Å². The van der Waals surface area contributed by atoms with Crippen molar-refractivity contribution in [2.45, 2.75) is 12.5 Å². The summed E-state index contributed by atoms with van der Waals surface area (Å²) in [4.78, 5) is 11.5. The van der Waals surface area contributed by atoms with Crippen molar-refractivity contribution >= 4 is 5.97 Å². The second kappa shape index (κ2) is 6.90. The van der Waals surface area contributed by atoms with E-state index in [-0.39, 0.29) is 0 Å². The molecule has 2 N–H and O–H groups in total. The van der Waals surface area contributed by atoms with E-state index < -0.39 is 12.0 Å². The van der Waals surface area contributed by atoms with E-state index in [0.717, 1.165) is 23.3 Å². The first-order chi connectivity index (χ1) is 10.1. The molecule has 0 saturated heterocycles. The van der Waals surface area contributed by atoms with Crippen LogP contribution in [0.5, 0.6) is 5.75 Å². The Morgan fingerprint density at radius 1 is 1.10 bits per heavy atom. The van der Waals surface area contributed by atoms with Gasteiger partial charge in [0.15, 0.2) is 0 Å². The summed E-state index contributed by atoms with van der Waals surface area (Å²) >= 11 is 0. The Hall–Kier alpha value is -2.33. The number of esters is 1. The summed E-state index contributed by atoms with van der Waals surface area (Å²) in [6, 6.07) is 14.8. The molecule has 110 valence electrons. The number of methoxy groups -OCH3 is 2. The fourth-order valence-electron chi connectivity index (χ4n) is 2.14. The third-order valence-electron chi connectivity index (χ3n) is 3.33. The molecule has 21 heavy (non-hydrogen) atoms. The Morgan fingerprint density at radius 3 is 2.43 bits per heavy atom. The van der Waals surface area contributed by atoms with Crippen molar-refractivity contribution in [3.63, 3.8) is 0 Å². The molecule has 0 aromatic heterocycles. The summed E-state index contributed by atoms with van der Waals surface area (Å²) in [5.74, 6) is 0.400. The van der Waals surface area contributed by atoms with Crippen LogP contribution in [0.25, 0.3) is 0 Å². The second-order valence-corrected chi connectivity index (χ2v) is 4.77. The van der Waals surface area contributed by atoms with E-state index in [1.165, 1.54) is 12.7 Å². The molecular weight excluding hydrogens is 266 g/mol. The smallest absolute Gasteiger partial charge is 0.327 e. The molecule has 2 aromatic rings. The van der Waals surface area contributed by atoms with Crippen LogP contribution in [0, 0.1) is 0 Å². The highest BCUT2D eigenvalue weighted by atomic mass is 16.5. The first-order valence-corrected chi connectivity index (χ1v) is 6.69. The zero-order chi connectivity index (χ0) is 15.2. The fraction of sp³-hybridized carbons (Fsp3) is 0.235. The van der Waals surface area contributed by atoms with Gasteiger partial charge in [0.1, 0.15) is 11.8 Å². The Balaban J connectivity index is 2.15. The van der Waals surface area contributed by atoms with Crippen LogP contribution in [-0.2, 0) is 16.0 Å². The molecule has 0 spiro atoms. The number of nitrogens with two attached hydrogens (primary N) is 1. The Morgan fingerprint density at radius 2 is 1.81 bits per heavy atom. The van der Waals surface area contributed by atoms with Gasteiger partial charge in [0.25, 0.3) is 0 Å². The normalized spacial score (nSPS) is 11.8. The molecule has 0 aliphatic heterocycles. The zero-order valence-corrected chi connectivity index (χ0v) is 12.2. The molecular formula is C17H19NO3. The molecule has 2 rings (SSSR count). The molecule has 0 radical (unpaired) electrons. The number of hydrogen-bond donors (Lipinski definition) is 1. The number of hydrogen-bond acceptors (Lipinski definition) is 4. The maximum absolute atomic E-state index is 11.5. The molecule has 2 aromatic carbocycles. The largest absolute Gasteiger partial charge is 0.497 e. The number of carbonyl (C=O) groups excluding carboxylic acids is 1. The Labute approximate surface area is 124 Å². The number of carbonyl (C=O) groups is 1. The van der Waals surface area contributed by atoms with Gasteiger partial charge in [-0.25, -0.2) is 0 Å². The quantitative estimate of drug-likeness (QED) is 0.857. The van der Waals surface area contributed by atoms with Crippen LogP contribution < -0.4 is 10.5 Å². The van der Waals surface area contributed by atoms with Gasteiger partial charge in [-0.1, -0.05) is 36.4 Å². The average Bonchev–Trinajstić information content (AvgIpc) is 2.54. The predicted octanol–water partition coefficient (Wildman–Crippen LogP) is 2.46. The van der Waals surface area contributed by atoms with Gasteiger partial charge in [0.05, 0.1) is 14.2 Å². The van der Waals surface area contributed by atoms with E-state index in [1.54, 1.807) is 7.11 Å². The zero-order valence-electron chi connectivity index (χ0n) is 12.2. The second-order valence-electron chi connectivity index (χ2n) is 4.77. The van der Waals surface area contributed by atoms with Crippen molar-refractivity contribution in [2.24, 2.45) is 5.73 Å². The monoisotopic (exact) mass is 285 g/mol. The maximum atomic E-state index is 11.5. The minimum Gasteiger partial charge on any atom is -0.497 e. The highest BCUT2D eigenvalue weighted by molar-refractivity contribution is 5.77. The van der Waals surface area contributed by atoms with Gasteiger partial charge in [-0.3, -0.25) is 4.79 Å². The van der Waals surface area contributed by atoms with Gasteiger partial charge in [-0.05, 0) is 35.2 Å². The van der Waals surface area contributed by atoms with E-state index in [4.69, 9.17) is 10.5 Å². The number of rotatable bonds is 5. The first kappa shape index (κ1) is 15.1. The summed E-state index contributed by atoms with van der Waals surface area (Å²) in [5.41, 5.74) is 8.88. The van der Waals surface area contributed by atoms with E-state index >= 15 is 0 Å². The summed E-state index contributed by atoms with van der Waals surface area (Å²) in [6.07, 6.45) is 0.770. The van der Waals surface area contributed by atoms with Crippen molar-refractivity contribution < 1.29 is 14.3 Å². The van der Waals surface area contributed by atoms with Crippen molar-refractivity contribution in [3.8, 4) is 5.75 Å². The van der Waals surface area contributed by atoms with Gasteiger partial charge in [-0.2, -0.15) is 0 Å². The van der Waals surface area contributed by atoms with Gasteiger partial charge < -0.3 is 15.2 Å². The molecule has 4 nitrogen and oxygen atoms in total.